The summed E-state index contributed by atoms with van der Waals surface area (Å²) in [7, 11) is -1.12. The third-order valence-electron chi connectivity index (χ3n) is 4.22. The molecule has 3 amide bonds. The van der Waals surface area contributed by atoms with E-state index in [-0.39, 0.29) is 29.2 Å². The van der Waals surface area contributed by atoms with Crippen molar-refractivity contribution in [2.75, 3.05) is 17.3 Å². The summed E-state index contributed by atoms with van der Waals surface area (Å²) in [5, 5.41) is 13.7. The van der Waals surface area contributed by atoms with Crippen molar-refractivity contribution >= 4 is 33.5 Å². The van der Waals surface area contributed by atoms with Gasteiger partial charge in [-0.1, -0.05) is 11.8 Å². The molecule has 1 aromatic heterocycles. The van der Waals surface area contributed by atoms with Crippen LogP contribution >= 0.6 is 11.8 Å². The van der Waals surface area contributed by atoms with Crippen LogP contribution in [0.1, 0.15) is 25.1 Å². The fourth-order valence-corrected chi connectivity index (χ4v) is 5.27. The van der Waals surface area contributed by atoms with Crippen LogP contribution in [0.4, 0.5) is 4.79 Å². The van der Waals surface area contributed by atoms with Crippen molar-refractivity contribution in [3.63, 3.8) is 0 Å². The summed E-state index contributed by atoms with van der Waals surface area (Å²) >= 11 is 1.19. The first-order valence-electron chi connectivity index (χ1n) is 8.14. The van der Waals surface area contributed by atoms with Crippen LogP contribution in [-0.2, 0) is 28.1 Å². The monoisotopic (exact) mass is 387 g/mol. The van der Waals surface area contributed by atoms with Crippen LogP contribution in [0.15, 0.2) is 5.16 Å². The molecular weight excluding hydrogens is 366 g/mol. The highest BCUT2D eigenvalue weighted by Gasteiger charge is 2.29. The average molecular weight is 387 g/mol. The molecule has 1 unspecified atom stereocenters. The lowest BCUT2D eigenvalue weighted by atomic mass is 10.1. The number of rotatable bonds is 6. The summed E-state index contributed by atoms with van der Waals surface area (Å²) in [4.78, 5) is 23.3. The van der Waals surface area contributed by atoms with Gasteiger partial charge in [-0.25, -0.2) is 13.2 Å². The largest absolute Gasteiger partial charge is 0.335 e. The van der Waals surface area contributed by atoms with E-state index >= 15 is 0 Å². The van der Waals surface area contributed by atoms with E-state index in [2.05, 4.69) is 20.8 Å². The van der Waals surface area contributed by atoms with Crippen LogP contribution in [0.25, 0.3) is 0 Å². The topological polar surface area (TPSA) is 123 Å². The SMILES string of the molecule is Cn1c(CC2CCS(=O)(=O)C2)nnc1SCC(=O)NC(=O)NC1CC1. The number of urea groups is 1. The Morgan fingerprint density at radius 2 is 2.04 bits per heavy atom. The van der Waals surface area contributed by atoms with Crippen LogP contribution < -0.4 is 10.6 Å². The predicted molar refractivity (Wildman–Crippen MR) is 91.9 cm³/mol. The highest BCUT2D eigenvalue weighted by Crippen LogP contribution is 2.23. The highest BCUT2D eigenvalue weighted by molar-refractivity contribution is 7.99. The number of nitrogens with one attached hydrogen (secondary N) is 2. The van der Waals surface area contributed by atoms with Crippen molar-refractivity contribution in [3.8, 4) is 0 Å². The summed E-state index contributed by atoms with van der Waals surface area (Å²) in [6, 6.07) is -0.268. The van der Waals surface area contributed by atoms with E-state index in [4.69, 9.17) is 0 Å². The molecule has 3 rings (SSSR count). The van der Waals surface area contributed by atoms with Gasteiger partial charge in [0, 0.05) is 19.5 Å². The van der Waals surface area contributed by atoms with Gasteiger partial charge in [-0.05, 0) is 25.2 Å². The zero-order valence-electron chi connectivity index (χ0n) is 13.9. The van der Waals surface area contributed by atoms with Gasteiger partial charge in [0.05, 0.1) is 17.3 Å². The molecule has 0 bridgehead atoms. The number of carbonyl (C=O) groups is 2. The Kier molecular flexibility index (Phi) is 5.32. The number of imide groups is 1. The zero-order chi connectivity index (χ0) is 18.0. The molecule has 1 aromatic rings. The quantitative estimate of drug-likeness (QED) is 0.652. The van der Waals surface area contributed by atoms with E-state index < -0.39 is 21.8 Å². The second kappa shape index (κ2) is 7.32. The third kappa shape index (κ3) is 5.18. The Morgan fingerprint density at radius 1 is 1.28 bits per heavy atom. The Hall–Kier alpha value is -1.62. The van der Waals surface area contributed by atoms with Crippen molar-refractivity contribution in [2.45, 2.75) is 36.9 Å². The summed E-state index contributed by atoms with van der Waals surface area (Å²) in [6.07, 6.45) is 3.12. The minimum Gasteiger partial charge on any atom is -0.335 e. The minimum absolute atomic E-state index is 0.0574. The maximum absolute atomic E-state index is 11.8. The highest BCUT2D eigenvalue weighted by atomic mass is 32.2. The maximum Gasteiger partial charge on any atom is 0.321 e. The van der Waals surface area contributed by atoms with Gasteiger partial charge in [0.2, 0.25) is 5.91 Å². The Labute approximate surface area is 150 Å². The van der Waals surface area contributed by atoms with Gasteiger partial charge in [0.25, 0.3) is 0 Å². The lowest BCUT2D eigenvalue weighted by Gasteiger charge is -2.08. The molecule has 0 spiro atoms. The summed E-state index contributed by atoms with van der Waals surface area (Å²) < 4.78 is 24.8. The molecule has 1 saturated heterocycles. The fraction of sp³-hybridized carbons (Fsp3) is 0.714. The van der Waals surface area contributed by atoms with E-state index in [9.17, 15) is 18.0 Å². The first kappa shape index (κ1) is 18.2. The molecule has 11 heteroatoms. The van der Waals surface area contributed by atoms with Gasteiger partial charge in [-0.15, -0.1) is 10.2 Å². The van der Waals surface area contributed by atoms with E-state index in [1.54, 1.807) is 11.6 Å². The molecule has 1 saturated carbocycles. The smallest absolute Gasteiger partial charge is 0.321 e. The number of thioether (sulfide) groups is 1. The number of aromatic nitrogens is 3. The zero-order valence-corrected chi connectivity index (χ0v) is 15.5. The van der Waals surface area contributed by atoms with E-state index in [0.29, 0.717) is 23.8 Å². The van der Waals surface area contributed by atoms with Gasteiger partial charge >= 0.3 is 6.03 Å². The van der Waals surface area contributed by atoms with Crippen LogP contribution in [-0.4, -0.2) is 58.4 Å². The van der Waals surface area contributed by atoms with Crippen molar-refractivity contribution in [2.24, 2.45) is 13.0 Å². The van der Waals surface area contributed by atoms with Gasteiger partial charge in [0.1, 0.15) is 5.82 Å². The van der Waals surface area contributed by atoms with Crippen LogP contribution in [0.5, 0.6) is 0 Å². The van der Waals surface area contributed by atoms with Gasteiger partial charge in [0.15, 0.2) is 15.0 Å². The maximum atomic E-state index is 11.8. The van der Waals surface area contributed by atoms with Crippen molar-refractivity contribution in [1.82, 2.24) is 25.4 Å². The molecule has 1 atom stereocenters. The molecule has 2 N–H and O–H groups in total. The number of amides is 3. The second-order valence-electron chi connectivity index (χ2n) is 6.52. The molecule has 9 nitrogen and oxygen atoms in total. The van der Waals surface area contributed by atoms with Crippen LogP contribution in [0, 0.1) is 5.92 Å². The third-order valence-corrected chi connectivity index (χ3v) is 7.08. The fourth-order valence-electron chi connectivity index (χ4n) is 2.68. The van der Waals surface area contributed by atoms with Crippen LogP contribution in [0.3, 0.4) is 0 Å². The molecule has 0 radical (unpaired) electrons. The van der Waals surface area contributed by atoms with Crippen LogP contribution in [0.2, 0.25) is 0 Å². The summed E-state index contributed by atoms with van der Waals surface area (Å²) in [5.74, 6) is 0.870. The van der Waals surface area contributed by atoms with Crippen molar-refractivity contribution in [1.29, 1.82) is 0 Å². The number of hydrogen-bond acceptors (Lipinski definition) is 7. The lowest BCUT2D eigenvalue weighted by molar-refractivity contribution is -0.117. The van der Waals surface area contributed by atoms with Crippen molar-refractivity contribution in [3.05, 3.63) is 5.82 Å². The van der Waals surface area contributed by atoms with Crippen molar-refractivity contribution < 1.29 is 18.0 Å². The molecule has 138 valence electrons. The molecule has 2 aliphatic rings. The molecule has 0 aromatic carbocycles. The molecular formula is C14H21N5O4S2. The molecule has 25 heavy (non-hydrogen) atoms. The molecule has 2 fully saturated rings. The van der Waals surface area contributed by atoms with E-state index in [1.165, 1.54) is 11.8 Å². The summed E-state index contributed by atoms with van der Waals surface area (Å²) in [5.41, 5.74) is 0. The second-order valence-corrected chi connectivity index (χ2v) is 9.69. The standard InChI is InChI=1S/C14H21N5O4S2/c1-19-11(6-9-4-5-25(22,23)8-9)17-18-14(19)24-7-12(20)16-13(21)15-10-2-3-10/h9-10H,2-8H2,1H3,(H2,15,16,20,21). The normalized spacial score (nSPS) is 21.9. The average Bonchev–Trinajstić information content (AvgIpc) is 3.18. The number of hydrogen-bond donors (Lipinski definition) is 2. The van der Waals surface area contributed by atoms with E-state index in [1.807, 2.05) is 0 Å². The molecule has 1 aliphatic carbocycles. The Balaban J connectivity index is 1.47. The van der Waals surface area contributed by atoms with Gasteiger partial charge in [-0.3, -0.25) is 10.1 Å². The molecule has 2 heterocycles. The predicted octanol–water partition coefficient (Wildman–Crippen LogP) is -0.127. The first-order chi connectivity index (χ1) is 11.8. The Bertz CT molecular complexity index is 772. The lowest BCUT2D eigenvalue weighted by Crippen LogP contribution is -2.41. The first-order valence-corrected chi connectivity index (χ1v) is 10.9. The molecule has 1 aliphatic heterocycles. The Morgan fingerprint density at radius 3 is 2.68 bits per heavy atom. The number of sulfone groups is 1. The van der Waals surface area contributed by atoms with Gasteiger partial charge < -0.3 is 9.88 Å². The van der Waals surface area contributed by atoms with Gasteiger partial charge in [-0.2, -0.15) is 0 Å². The minimum atomic E-state index is -2.91. The van der Waals surface area contributed by atoms with E-state index in [0.717, 1.165) is 12.8 Å². The number of carbonyl (C=O) groups excluding carboxylic acids is 2. The number of nitrogens with zero attached hydrogens (tertiary/aromatic N) is 3. The summed E-state index contributed by atoms with van der Waals surface area (Å²) in [6.45, 7) is 0.